The molecule has 0 aromatic heterocycles. The molecule has 0 aromatic rings. The van der Waals surface area contributed by atoms with Gasteiger partial charge < -0.3 is 21.7 Å². The third kappa shape index (κ3) is 2.13. The highest BCUT2D eigenvalue weighted by atomic mass is 16.3. The second kappa shape index (κ2) is 4.01. The predicted molar refractivity (Wildman–Crippen MR) is 43.7 cm³/mol. The first-order valence-corrected chi connectivity index (χ1v) is 3.89. The van der Waals surface area contributed by atoms with Crippen LogP contribution in [0.1, 0.15) is 26.7 Å². The average molecular weight is 162 g/mol. The normalized spacial score (nSPS) is 22.4. The smallest absolute Gasteiger partial charge is 0.123 e. The third-order valence-corrected chi connectivity index (χ3v) is 2.17. The molecule has 11 heavy (non-hydrogen) atoms. The first-order chi connectivity index (χ1) is 4.99. The van der Waals surface area contributed by atoms with Gasteiger partial charge in [0.05, 0.1) is 11.6 Å². The number of rotatable bonds is 4. The summed E-state index contributed by atoms with van der Waals surface area (Å²) >= 11 is 0. The molecule has 3 unspecified atom stereocenters. The van der Waals surface area contributed by atoms with Gasteiger partial charge in [-0.25, -0.2) is 0 Å². The zero-order valence-corrected chi connectivity index (χ0v) is 7.12. The van der Waals surface area contributed by atoms with Crippen LogP contribution in [0.4, 0.5) is 0 Å². The minimum Gasteiger partial charge on any atom is -0.391 e. The van der Waals surface area contributed by atoms with Gasteiger partial charge in [0.2, 0.25) is 0 Å². The fraction of sp³-hybridized carbons (Fsp3) is 1.00. The van der Waals surface area contributed by atoms with Crippen LogP contribution in [-0.4, -0.2) is 28.1 Å². The molecule has 0 aliphatic rings. The number of aliphatic hydroxyl groups excluding tert-OH is 2. The van der Waals surface area contributed by atoms with E-state index < -0.39 is 17.9 Å². The SMILES string of the molecule is CCC(O)C(N)(CC)C(N)O. The molecule has 4 heteroatoms. The van der Waals surface area contributed by atoms with E-state index in [0.29, 0.717) is 12.8 Å². The molecule has 0 aromatic carbocycles. The number of nitrogens with two attached hydrogens (primary N) is 2. The Kier molecular flexibility index (Phi) is 3.96. The number of hydrogen-bond donors (Lipinski definition) is 4. The van der Waals surface area contributed by atoms with Crippen molar-refractivity contribution in [1.82, 2.24) is 0 Å². The quantitative estimate of drug-likeness (QED) is 0.405. The molecule has 0 saturated heterocycles. The van der Waals surface area contributed by atoms with Crippen LogP contribution in [0.2, 0.25) is 0 Å². The van der Waals surface area contributed by atoms with Crippen LogP contribution in [0.3, 0.4) is 0 Å². The van der Waals surface area contributed by atoms with E-state index >= 15 is 0 Å². The van der Waals surface area contributed by atoms with Gasteiger partial charge in [-0.3, -0.25) is 0 Å². The highest BCUT2D eigenvalue weighted by molar-refractivity contribution is 4.93. The lowest BCUT2D eigenvalue weighted by atomic mass is 9.87. The molecule has 0 radical (unpaired) electrons. The van der Waals surface area contributed by atoms with E-state index in [1.807, 2.05) is 0 Å². The summed E-state index contributed by atoms with van der Waals surface area (Å²) in [4.78, 5) is 0. The molecule has 0 saturated carbocycles. The molecule has 4 nitrogen and oxygen atoms in total. The van der Waals surface area contributed by atoms with E-state index in [1.165, 1.54) is 0 Å². The maximum atomic E-state index is 9.38. The van der Waals surface area contributed by atoms with Gasteiger partial charge in [-0.2, -0.15) is 0 Å². The molecule has 3 atom stereocenters. The van der Waals surface area contributed by atoms with Gasteiger partial charge in [0.1, 0.15) is 6.23 Å². The largest absolute Gasteiger partial charge is 0.391 e. The average Bonchev–Trinajstić information content (AvgIpc) is 2.01. The van der Waals surface area contributed by atoms with Crippen molar-refractivity contribution in [2.75, 3.05) is 0 Å². The lowest BCUT2D eigenvalue weighted by molar-refractivity contribution is -0.0114. The van der Waals surface area contributed by atoms with Crippen molar-refractivity contribution in [3.05, 3.63) is 0 Å². The number of aliphatic hydroxyl groups is 2. The van der Waals surface area contributed by atoms with Crippen molar-refractivity contribution in [3.8, 4) is 0 Å². The Bertz CT molecular complexity index is 119. The van der Waals surface area contributed by atoms with Crippen molar-refractivity contribution < 1.29 is 10.2 Å². The first-order valence-electron chi connectivity index (χ1n) is 3.89. The highest BCUT2D eigenvalue weighted by Crippen LogP contribution is 2.16. The summed E-state index contributed by atoms with van der Waals surface area (Å²) in [7, 11) is 0. The standard InChI is InChI=1S/C7H18N2O2/c1-3-5(10)7(9,4-2)6(8)11/h5-6,10-11H,3-4,8-9H2,1-2H3. The number of hydrogen-bond acceptors (Lipinski definition) is 4. The summed E-state index contributed by atoms with van der Waals surface area (Å²) in [6, 6.07) is 0. The molecule has 0 aliphatic heterocycles. The molecule has 0 bridgehead atoms. The minimum atomic E-state index is -1.16. The monoisotopic (exact) mass is 162 g/mol. The fourth-order valence-electron chi connectivity index (χ4n) is 1.02. The predicted octanol–water partition coefficient (Wildman–Crippen LogP) is -0.858. The van der Waals surface area contributed by atoms with Crippen LogP contribution in [0.15, 0.2) is 0 Å². The van der Waals surface area contributed by atoms with Crippen LogP contribution in [0.5, 0.6) is 0 Å². The maximum absolute atomic E-state index is 9.38. The van der Waals surface area contributed by atoms with Gasteiger partial charge in [0.15, 0.2) is 0 Å². The van der Waals surface area contributed by atoms with Crippen LogP contribution in [-0.2, 0) is 0 Å². The Balaban J connectivity index is 4.32. The van der Waals surface area contributed by atoms with E-state index in [0.717, 1.165) is 0 Å². The molecule has 0 amide bonds. The van der Waals surface area contributed by atoms with Crippen LogP contribution >= 0.6 is 0 Å². The van der Waals surface area contributed by atoms with Crippen molar-refractivity contribution in [2.24, 2.45) is 11.5 Å². The highest BCUT2D eigenvalue weighted by Gasteiger charge is 2.36. The Morgan fingerprint density at radius 3 is 1.91 bits per heavy atom. The Morgan fingerprint density at radius 2 is 1.82 bits per heavy atom. The Hall–Kier alpha value is -0.160. The van der Waals surface area contributed by atoms with E-state index in [1.54, 1.807) is 13.8 Å². The first kappa shape index (κ1) is 10.8. The van der Waals surface area contributed by atoms with Gasteiger partial charge in [0.25, 0.3) is 0 Å². The van der Waals surface area contributed by atoms with Gasteiger partial charge >= 0.3 is 0 Å². The zero-order valence-electron chi connectivity index (χ0n) is 7.12. The minimum absolute atomic E-state index is 0.458. The third-order valence-electron chi connectivity index (χ3n) is 2.17. The summed E-state index contributed by atoms with van der Waals surface area (Å²) in [5, 5.41) is 18.4. The van der Waals surface area contributed by atoms with E-state index in [2.05, 4.69) is 0 Å². The van der Waals surface area contributed by atoms with Crippen molar-refractivity contribution in [3.63, 3.8) is 0 Å². The molecular weight excluding hydrogens is 144 g/mol. The van der Waals surface area contributed by atoms with Crippen LogP contribution < -0.4 is 11.5 Å². The van der Waals surface area contributed by atoms with Gasteiger partial charge in [-0.15, -0.1) is 0 Å². The topological polar surface area (TPSA) is 92.5 Å². The maximum Gasteiger partial charge on any atom is 0.123 e. The second-order valence-electron chi connectivity index (χ2n) is 2.83. The summed E-state index contributed by atoms with van der Waals surface area (Å²) < 4.78 is 0. The molecule has 68 valence electrons. The summed E-state index contributed by atoms with van der Waals surface area (Å²) in [6.07, 6.45) is -0.951. The van der Waals surface area contributed by atoms with Crippen LogP contribution in [0.25, 0.3) is 0 Å². The molecule has 0 rings (SSSR count). The van der Waals surface area contributed by atoms with Crippen LogP contribution in [0, 0.1) is 0 Å². The molecule has 6 N–H and O–H groups in total. The Labute approximate surface area is 67.2 Å². The molecular formula is C7H18N2O2. The lowest BCUT2D eigenvalue weighted by Crippen LogP contribution is -2.62. The summed E-state index contributed by atoms with van der Waals surface area (Å²) in [6.45, 7) is 3.58. The van der Waals surface area contributed by atoms with Gasteiger partial charge in [0, 0.05) is 0 Å². The van der Waals surface area contributed by atoms with Gasteiger partial charge in [-0.05, 0) is 12.8 Å². The molecule has 0 spiro atoms. The van der Waals surface area contributed by atoms with E-state index in [4.69, 9.17) is 16.6 Å². The summed E-state index contributed by atoms with van der Waals surface area (Å²) in [5.74, 6) is 0. The van der Waals surface area contributed by atoms with Crippen molar-refractivity contribution in [2.45, 2.75) is 44.6 Å². The fourth-order valence-corrected chi connectivity index (χ4v) is 1.02. The van der Waals surface area contributed by atoms with Crippen molar-refractivity contribution >= 4 is 0 Å². The molecule has 0 aliphatic carbocycles. The Morgan fingerprint density at radius 1 is 1.36 bits per heavy atom. The molecule has 0 fully saturated rings. The zero-order chi connectivity index (χ0) is 9.07. The molecule has 0 heterocycles. The van der Waals surface area contributed by atoms with Gasteiger partial charge in [-0.1, -0.05) is 13.8 Å². The second-order valence-corrected chi connectivity index (χ2v) is 2.83. The summed E-state index contributed by atoms with van der Waals surface area (Å²) in [5.41, 5.74) is 9.84. The van der Waals surface area contributed by atoms with E-state index in [9.17, 15) is 5.11 Å². The van der Waals surface area contributed by atoms with Crippen molar-refractivity contribution in [1.29, 1.82) is 0 Å². The lowest BCUT2D eigenvalue weighted by Gasteiger charge is -2.35. The van der Waals surface area contributed by atoms with E-state index in [-0.39, 0.29) is 0 Å².